The highest BCUT2D eigenvalue weighted by atomic mass is 16.5. The van der Waals surface area contributed by atoms with Crippen molar-refractivity contribution < 1.29 is 14.6 Å². The summed E-state index contributed by atoms with van der Waals surface area (Å²) in [6.45, 7) is 0.469. The van der Waals surface area contributed by atoms with Crippen LogP contribution in [0.1, 0.15) is 17.5 Å². The standard InChI is InChI=1S/C17H19NO3/c1-21-15-7-4-5-13(11-15)12-18-17(20)10-9-14-6-2-3-8-16(14)19/h2-8,11,19H,9-10,12H2,1H3,(H,18,20). The van der Waals surface area contributed by atoms with E-state index in [1.165, 1.54) is 0 Å². The van der Waals surface area contributed by atoms with Crippen molar-refractivity contribution in [1.29, 1.82) is 0 Å². The Kier molecular flexibility index (Phi) is 5.21. The number of hydrogen-bond donors (Lipinski definition) is 2. The fourth-order valence-electron chi connectivity index (χ4n) is 2.04. The first kappa shape index (κ1) is 14.9. The number of hydrogen-bond acceptors (Lipinski definition) is 3. The summed E-state index contributed by atoms with van der Waals surface area (Å²) in [5, 5.41) is 12.5. The second kappa shape index (κ2) is 7.33. The van der Waals surface area contributed by atoms with E-state index in [-0.39, 0.29) is 11.7 Å². The van der Waals surface area contributed by atoms with Crippen molar-refractivity contribution in [3.8, 4) is 11.5 Å². The van der Waals surface area contributed by atoms with Crippen LogP contribution in [-0.2, 0) is 17.8 Å². The predicted octanol–water partition coefficient (Wildman–Crippen LogP) is 2.65. The van der Waals surface area contributed by atoms with Gasteiger partial charge in [-0.3, -0.25) is 4.79 Å². The number of phenols is 1. The van der Waals surface area contributed by atoms with Crippen molar-refractivity contribution in [1.82, 2.24) is 5.32 Å². The van der Waals surface area contributed by atoms with Crippen LogP contribution in [0.3, 0.4) is 0 Å². The highest BCUT2D eigenvalue weighted by Crippen LogP contribution is 2.17. The van der Waals surface area contributed by atoms with Gasteiger partial charge in [0.25, 0.3) is 0 Å². The largest absolute Gasteiger partial charge is 0.508 e. The van der Waals surface area contributed by atoms with Gasteiger partial charge >= 0.3 is 0 Å². The van der Waals surface area contributed by atoms with Crippen molar-refractivity contribution in [2.45, 2.75) is 19.4 Å². The average Bonchev–Trinajstić information content (AvgIpc) is 2.52. The van der Waals surface area contributed by atoms with Crippen molar-refractivity contribution in [2.75, 3.05) is 7.11 Å². The second-order valence-corrected chi connectivity index (χ2v) is 4.76. The molecule has 110 valence electrons. The van der Waals surface area contributed by atoms with E-state index in [0.29, 0.717) is 19.4 Å². The number of aryl methyl sites for hydroxylation is 1. The minimum absolute atomic E-state index is 0.0407. The Labute approximate surface area is 124 Å². The average molecular weight is 285 g/mol. The molecule has 0 aliphatic heterocycles. The lowest BCUT2D eigenvalue weighted by molar-refractivity contribution is -0.121. The van der Waals surface area contributed by atoms with E-state index >= 15 is 0 Å². The molecule has 4 heteroatoms. The number of carbonyl (C=O) groups is 1. The Bertz CT molecular complexity index is 610. The third-order valence-corrected chi connectivity index (χ3v) is 3.24. The third kappa shape index (κ3) is 4.53. The van der Waals surface area contributed by atoms with Gasteiger partial charge in [0.05, 0.1) is 7.11 Å². The van der Waals surface area contributed by atoms with E-state index in [9.17, 15) is 9.90 Å². The summed E-state index contributed by atoms with van der Waals surface area (Å²) in [6, 6.07) is 14.7. The number of rotatable bonds is 6. The summed E-state index contributed by atoms with van der Waals surface area (Å²) in [5.41, 5.74) is 1.78. The molecule has 0 aromatic heterocycles. The van der Waals surface area contributed by atoms with E-state index in [0.717, 1.165) is 16.9 Å². The van der Waals surface area contributed by atoms with Crippen molar-refractivity contribution in [3.05, 3.63) is 59.7 Å². The first-order chi connectivity index (χ1) is 10.2. The van der Waals surface area contributed by atoms with Crippen LogP contribution in [0.25, 0.3) is 0 Å². The molecule has 0 radical (unpaired) electrons. The molecular formula is C17H19NO3. The fraction of sp³-hybridized carbons (Fsp3) is 0.235. The van der Waals surface area contributed by atoms with Crippen LogP contribution in [0.5, 0.6) is 11.5 Å². The molecule has 21 heavy (non-hydrogen) atoms. The number of ether oxygens (including phenoxy) is 1. The van der Waals surface area contributed by atoms with E-state index in [1.807, 2.05) is 36.4 Å². The molecule has 0 heterocycles. The lowest BCUT2D eigenvalue weighted by Gasteiger charge is -2.07. The molecule has 2 aromatic carbocycles. The molecule has 2 rings (SSSR count). The molecule has 4 nitrogen and oxygen atoms in total. The molecule has 0 atom stereocenters. The normalized spacial score (nSPS) is 10.1. The Morgan fingerprint density at radius 2 is 2.00 bits per heavy atom. The molecule has 0 fully saturated rings. The molecule has 0 aliphatic rings. The van der Waals surface area contributed by atoms with Gasteiger partial charge in [0, 0.05) is 13.0 Å². The molecule has 0 aliphatic carbocycles. The summed E-state index contributed by atoms with van der Waals surface area (Å²) in [6.07, 6.45) is 0.873. The minimum atomic E-state index is -0.0407. The van der Waals surface area contributed by atoms with Crippen LogP contribution in [0.15, 0.2) is 48.5 Å². The van der Waals surface area contributed by atoms with E-state index in [1.54, 1.807) is 19.2 Å². The van der Waals surface area contributed by atoms with Gasteiger partial charge in [-0.1, -0.05) is 30.3 Å². The number of aromatic hydroxyl groups is 1. The number of phenolic OH excluding ortho intramolecular Hbond substituents is 1. The van der Waals surface area contributed by atoms with Gasteiger partial charge in [0.15, 0.2) is 0 Å². The van der Waals surface area contributed by atoms with Crippen molar-refractivity contribution >= 4 is 5.91 Å². The Morgan fingerprint density at radius 3 is 2.76 bits per heavy atom. The zero-order chi connectivity index (χ0) is 15.1. The van der Waals surface area contributed by atoms with E-state index in [2.05, 4.69) is 5.32 Å². The predicted molar refractivity (Wildman–Crippen MR) is 81.3 cm³/mol. The molecule has 0 spiro atoms. The van der Waals surface area contributed by atoms with Crippen molar-refractivity contribution in [3.63, 3.8) is 0 Å². The van der Waals surface area contributed by atoms with Gasteiger partial charge in [-0.25, -0.2) is 0 Å². The smallest absolute Gasteiger partial charge is 0.220 e. The lowest BCUT2D eigenvalue weighted by atomic mass is 10.1. The monoisotopic (exact) mass is 285 g/mol. The van der Waals surface area contributed by atoms with Crippen LogP contribution < -0.4 is 10.1 Å². The number of methoxy groups -OCH3 is 1. The number of amides is 1. The summed E-state index contributed by atoms with van der Waals surface area (Å²) in [4.78, 5) is 11.8. The van der Waals surface area contributed by atoms with Gasteiger partial charge in [-0.2, -0.15) is 0 Å². The summed E-state index contributed by atoms with van der Waals surface area (Å²) < 4.78 is 5.14. The maximum atomic E-state index is 11.8. The lowest BCUT2D eigenvalue weighted by Crippen LogP contribution is -2.23. The van der Waals surface area contributed by atoms with Gasteiger partial charge in [-0.05, 0) is 35.7 Å². The highest BCUT2D eigenvalue weighted by Gasteiger charge is 2.05. The number of nitrogens with one attached hydrogen (secondary N) is 1. The number of carbonyl (C=O) groups excluding carboxylic acids is 1. The SMILES string of the molecule is COc1cccc(CNC(=O)CCc2ccccc2O)c1. The first-order valence-electron chi connectivity index (χ1n) is 6.85. The Morgan fingerprint density at radius 1 is 1.19 bits per heavy atom. The van der Waals surface area contributed by atoms with Gasteiger partial charge < -0.3 is 15.2 Å². The zero-order valence-corrected chi connectivity index (χ0v) is 12.0. The van der Waals surface area contributed by atoms with Crippen LogP contribution in [0.2, 0.25) is 0 Å². The number of para-hydroxylation sites is 1. The van der Waals surface area contributed by atoms with Gasteiger partial charge in [-0.15, -0.1) is 0 Å². The number of benzene rings is 2. The molecule has 1 amide bonds. The van der Waals surface area contributed by atoms with Crippen LogP contribution >= 0.6 is 0 Å². The quantitative estimate of drug-likeness (QED) is 0.858. The maximum absolute atomic E-state index is 11.8. The van der Waals surface area contributed by atoms with Crippen LogP contribution in [0, 0.1) is 0 Å². The molecule has 0 bridgehead atoms. The summed E-state index contributed by atoms with van der Waals surface area (Å²) in [7, 11) is 1.62. The molecule has 2 aromatic rings. The van der Waals surface area contributed by atoms with Crippen LogP contribution in [-0.4, -0.2) is 18.1 Å². The van der Waals surface area contributed by atoms with Gasteiger partial charge in [0.1, 0.15) is 11.5 Å². The summed E-state index contributed by atoms with van der Waals surface area (Å²) >= 11 is 0. The molecule has 0 saturated heterocycles. The molecule has 0 unspecified atom stereocenters. The first-order valence-corrected chi connectivity index (χ1v) is 6.85. The molecular weight excluding hydrogens is 266 g/mol. The minimum Gasteiger partial charge on any atom is -0.508 e. The van der Waals surface area contributed by atoms with E-state index < -0.39 is 0 Å². The Balaban J connectivity index is 1.81. The topological polar surface area (TPSA) is 58.6 Å². The van der Waals surface area contributed by atoms with E-state index in [4.69, 9.17) is 4.74 Å². The zero-order valence-electron chi connectivity index (χ0n) is 12.0. The second-order valence-electron chi connectivity index (χ2n) is 4.76. The maximum Gasteiger partial charge on any atom is 0.220 e. The fourth-order valence-corrected chi connectivity index (χ4v) is 2.04. The Hall–Kier alpha value is -2.49. The molecule has 2 N–H and O–H groups in total. The summed E-state index contributed by atoms with van der Waals surface area (Å²) in [5.74, 6) is 0.968. The van der Waals surface area contributed by atoms with Crippen LogP contribution in [0.4, 0.5) is 0 Å². The third-order valence-electron chi connectivity index (χ3n) is 3.24. The highest BCUT2D eigenvalue weighted by molar-refractivity contribution is 5.76. The van der Waals surface area contributed by atoms with Crippen molar-refractivity contribution in [2.24, 2.45) is 0 Å². The van der Waals surface area contributed by atoms with Gasteiger partial charge in [0.2, 0.25) is 5.91 Å². The molecule has 0 saturated carbocycles.